The fourth-order valence-electron chi connectivity index (χ4n) is 3.02. The SMILES string of the molecule is CN(C[C@H]1CC(F)(F)CN1C(=O)OC(C)(C)C)[C@@H]1COC[C@H]1O. The van der Waals surface area contributed by atoms with Crippen molar-refractivity contribution in [1.82, 2.24) is 9.80 Å². The lowest BCUT2D eigenvalue weighted by molar-refractivity contribution is -0.00286. The second-order valence-corrected chi connectivity index (χ2v) is 7.43. The van der Waals surface area contributed by atoms with Crippen molar-refractivity contribution in [2.45, 2.75) is 56.9 Å². The maximum absolute atomic E-state index is 13.8. The third-order valence-electron chi connectivity index (χ3n) is 4.09. The number of hydrogen-bond donors (Lipinski definition) is 1. The number of carbonyl (C=O) groups excluding carboxylic acids is 1. The Hall–Kier alpha value is -0.990. The molecule has 0 spiro atoms. The van der Waals surface area contributed by atoms with Crippen LogP contribution in [-0.4, -0.2) is 84.1 Å². The molecule has 0 aromatic rings. The number of aliphatic hydroxyl groups excluding tert-OH is 1. The molecule has 1 N–H and O–H groups in total. The standard InChI is InChI=1S/C15H26F2N2O4/c1-14(2,3)23-13(21)19-9-15(16,17)5-10(19)6-18(4)11-7-22-8-12(11)20/h10-12,20H,5-9H2,1-4H3/t10-,11-,12-/m1/s1. The summed E-state index contributed by atoms with van der Waals surface area (Å²) in [6.07, 6.45) is -1.77. The van der Waals surface area contributed by atoms with Crippen LogP contribution in [0.2, 0.25) is 0 Å². The molecule has 0 unspecified atom stereocenters. The van der Waals surface area contributed by atoms with E-state index in [1.807, 2.05) is 0 Å². The zero-order valence-electron chi connectivity index (χ0n) is 14.1. The Kier molecular flexibility index (Phi) is 5.18. The molecule has 2 aliphatic heterocycles. The van der Waals surface area contributed by atoms with Crippen LogP contribution < -0.4 is 0 Å². The number of halogens is 2. The molecule has 23 heavy (non-hydrogen) atoms. The predicted molar refractivity (Wildman–Crippen MR) is 79.5 cm³/mol. The number of likely N-dealkylation sites (N-methyl/N-ethyl adjacent to an activating group) is 1. The molecule has 2 saturated heterocycles. The van der Waals surface area contributed by atoms with Gasteiger partial charge >= 0.3 is 6.09 Å². The average molecular weight is 336 g/mol. The molecule has 8 heteroatoms. The van der Waals surface area contributed by atoms with E-state index in [0.717, 1.165) is 4.90 Å². The minimum absolute atomic E-state index is 0.236. The zero-order chi connectivity index (χ0) is 17.4. The number of aliphatic hydroxyl groups is 1. The Labute approximate surface area is 135 Å². The summed E-state index contributed by atoms with van der Waals surface area (Å²) in [6, 6.07) is -0.901. The lowest BCUT2D eigenvalue weighted by atomic mass is 10.1. The summed E-state index contributed by atoms with van der Waals surface area (Å²) in [4.78, 5) is 15.1. The van der Waals surface area contributed by atoms with Crippen molar-refractivity contribution < 1.29 is 28.2 Å². The third kappa shape index (κ3) is 4.74. The van der Waals surface area contributed by atoms with Crippen molar-refractivity contribution in [3.63, 3.8) is 0 Å². The summed E-state index contributed by atoms with van der Waals surface area (Å²) in [5.74, 6) is -2.92. The van der Waals surface area contributed by atoms with Gasteiger partial charge in [0.15, 0.2) is 0 Å². The van der Waals surface area contributed by atoms with Gasteiger partial charge in [0, 0.05) is 13.0 Å². The first-order valence-electron chi connectivity index (χ1n) is 7.82. The van der Waals surface area contributed by atoms with E-state index in [4.69, 9.17) is 9.47 Å². The van der Waals surface area contributed by atoms with Gasteiger partial charge < -0.3 is 14.6 Å². The number of likely N-dealkylation sites (tertiary alicyclic amines) is 1. The largest absolute Gasteiger partial charge is 0.444 e. The number of carbonyl (C=O) groups is 1. The van der Waals surface area contributed by atoms with E-state index in [1.165, 1.54) is 0 Å². The summed E-state index contributed by atoms with van der Waals surface area (Å²) in [5.41, 5.74) is -0.735. The molecule has 2 fully saturated rings. The molecule has 3 atom stereocenters. The molecule has 0 aromatic heterocycles. The van der Waals surface area contributed by atoms with Gasteiger partial charge in [-0.3, -0.25) is 9.80 Å². The molecule has 0 aliphatic carbocycles. The molecule has 1 amide bonds. The maximum atomic E-state index is 13.8. The van der Waals surface area contributed by atoms with E-state index < -0.39 is 42.7 Å². The third-order valence-corrected chi connectivity index (χ3v) is 4.09. The molecule has 0 aromatic carbocycles. The molecule has 2 aliphatic rings. The summed E-state index contributed by atoms with van der Waals surface area (Å²) in [6.45, 7) is 5.30. The lowest BCUT2D eigenvalue weighted by Gasteiger charge is -2.32. The number of ether oxygens (including phenoxy) is 2. The second-order valence-electron chi connectivity index (χ2n) is 7.43. The smallest absolute Gasteiger partial charge is 0.410 e. The zero-order valence-corrected chi connectivity index (χ0v) is 14.1. The Balaban J connectivity index is 2.03. The van der Waals surface area contributed by atoms with Crippen LogP contribution in [0.15, 0.2) is 0 Å². The highest BCUT2D eigenvalue weighted by Gasteiger charge is 2.49. The summed E-state index contributed by atoms with van der Waals surface area (Å²) in [7, 11) is 1.74. The average Bonchev–Trinajstić information content (AvgIpc) is 2.90. The normalized spacial score (nSPS) is 31.0. The van der Waals surface area contributed by atoms with Gasteiger partial charge in [-0.15, -0.1) is 0 Å². The Morgan fingerprint density at radius 3 is 2.61 bits per heavy atom. The van der Waals surface area contributed by atoms with Crippen molar-refractivity contribution in [1.29, 1.82) is 0 Å². The maximum Gasteiger partial charge on any atom is 0.410 e. The van der Waals surface area contributed by atoms with E-state index in [1.54, 1.807) is 32.7 Å². The monoisotopic (exact) mass is 336 g/mol. The van der Waals surface area contributed by atoms with Gasteiger partial charge in [0.25, 0.3) is 5.92 Å². The molecule has 2 heterocycles. The highest BCUT2D eigenvalue weighted by molar-refractivity contribution is 5.69. The molecule has 2 rings (SSSR count). The topological polar surface area (TPSA) is 62.2 Å². The first-order valence-corrected chi connectivity index (χ1v) is 7.82. The van der Waals surface area contributed by atoms with Crippen molar-refractivity contribution in [3.8, 4) is 0 Å². The Bertz CT molecular complexity index is 442. The van der Waals surface area contributed by atoms with E-state index >= 15 is 0 Å². The summed E-state index contributed by atoms with van der Waals surface area (Å²) in [5, 5.41) is 9.84. The van der Waals surface area contributed by atoms with Gasteiger partial charge in [0.1, 0.15) is 5.60 Å². The number of amides is 1. The van der Waals surface area contributed by atoms with Gasteiger partial charge in [0.05, 0.1) is 37.9 Å². The van der Waals surface area contributed by atoms with Crippen molar-refractivity contribution in [3.05, 3.63) is 0 Å². The Morgan fingerprint density at radius 2 is 2.09 bits per heavy atom. The molecule has 134 valence electrons. The van der Waals surface area contributed by atoms with Crippen molar-refractivity contribution in [2.75, 3.05) is 33.4 Å². The van der Waals surface area contributed by atoms with E-state index in [-0.39, 0.29) is 19.2 Å². The van der Waals surface area contributed by atoms with Gasteiger partial charge in [-0.2, -0.15) is 0 Å². The molecule has 0 bridgehead atoms. The first kappa shape index (κ1) is 18.4. The fourth-order valence-corrected chi connectivity index (χ4v) is 3.02. The minimum Gasteiger partial charge on any atom is -0.444 e. The van der Waals surface area contributed by atoms with Crippen LogP contribution in [0.3, 0.4) is 0 Å². The number of alkyl halides is 2. The number of hydrogen-bond acceptors (Lipinski definition) is 5. The van der Waals surface area contributed by atoms with Crippen LogP contribution in [0.25, 0.3) is 0 Å². The summed E-state index contributed by atoms with van der Waals surface area (Å²) >= 11 is 0. The van der Waals surface area contributed by atoms with Gasteiger partial charge in [-0.25, -0.2) is 13.6 Å². The van der Waals surface area contributed by atoms with Crippen molar-refractivity contribution in [2.24, 2.45) is 0 Å². The lowest BCUT2D eigenvalue weighted by Crippen LogP contribution is -2.49. The van der Waals surface area contributed by atoms with Crippen LogP contribution >= 0.6 is 0 Å². The van der Waals surface area contributed by atoms with Crippen LogP contribution in [0, 0.1) is 0 Å². The van der Waals surface area contributed by atoms with Crippen molar-refractivity contribution >= 4 is 6.09 Å². The molecular weight excluding hydrogens is 310 g/mol. The number of nitrogens with zero attached hydrogens (tertiary/aromatic N) is 2. The first-order chi connectivity index (χ1) is 10.5. The van der Waals surface area contributed by atoms with Crippen LogP contribution in [0.1, 0.15) is 27.2 Å². The van der Waals surface area contributed by atoms with E-state index in [9.17, 15) is 18.7 Å². The molecule has 6 nitrogen and oxygen atoms in total. The molecule has 0 saturated carbocycles. The van der Waals surface area contributed by atoms with Crippen LogP contribution in [0.4, 0.5) is 13.6 Å². The quantitative estimate of drug-likeness (QED) is 0.842. The predicted octanol–water partition coefficient (Wildman–Crippen LogP) is 1.32. The van der Waals surface area contributed by atoms with Gasteiger partial charge in [-0.1, -0.05) is 0 Å². The minimum atomic E-state index is -2.92. The van der Waals surface area contributed by atoms with Gasteiger partial charge in [0.2, 0.25) is 0 Å². The van der Waals surface area contributed by atoms with E-state index in [0.29, 0.717) is 6.61 Å². The van der Waals surface area contributed by atoms with Crippen LogP contribution in [-0.2, 0) is 9.47 Å². The highest BCUT2D eigenvalue weighted by Crippen LogP contribution is 2.33. The van der Waals surface area contributed by atoms with Crippen LogP contribution in [0.5, 0.6) is 0 Å². The highest BCUT2D eigenvalue weighted by atomic mass is 19.3. The Morgan fingerprint density at radius 1 is 1.43 bits per heavy atom. The number of rotatable bonds is 3. The van der Waals surface area contributed by atoms with Gasteiger partial charge in [-0.05, 0) is 27.8 Å². The fraction of sp³-hybridized carbons (Fsp3) is 0.933. The summed E-state index contributed by atoms with van der Waals surface area (Å²) < 4.78 is 38.0. The second kappa shape index (κ2) is 6.49. The molecule has 0 radical (unpaired) electrons. The van der Waals surface area contributed by atoms with E-state index in [2.05, 4.69) is 0 Å². The molecular formula is C15H26F2N2O4.